The first-order valence-electron chi connectivity index (χ1n) is 9.70. The lowest BCUT2D eigenvalue weighted by molar-refractivity contribution is -0.136. The Balaban J connectivity index is 1.73. The number of benzene rings is 1. The van der Waals surface area contributed by atoms with Crippen molar-refractivity contribution >= 4 is 17.7 Å². The molecule has 0 bridgehead atoms. The minimum atomic E-state index is -0.387. The summed E-state index contributed by atoms with van der Waals surface area (Å²) in [5, 5.41) is 0. The number of hydrogen-bond donors (Lipinski definition) is 1. The molecule has 1 fully saturated rings. The molecule has 1 aliphatic heterocycles. The molecule has 0 aliphatic carbocycles. The van der Waals surface area contributed by atoms with Crippen molar-refractivity contribution in [3.05, 3.63) is 29.8 Å². The van der Waals surface area contributed by atoms with Gasteiger partial charge in [0.1, 0.15) is 5.75 Å². The topological polar surface area (TPSA) is 96.2 Å². The molecule has 1 aromatic carbocycles. The second kappa shape index (κ2) is 10.7. The fraction of sp³-hybridized carbons (Fsp3) is 0.550. The molecule has 8 heteroatoms. The Labute approximate surface area is 166 Å². The maximum atomic E-state index is 12.4. The molecule has 2 rings (SSSR count). The SMILES string of the molecule is CCN(CC)C(=O)CN1CCN(C(=O)COc2ccc(CC(N)=O)cc2)CC1. The summed E-state index contributed by atoms with van der Waals surface area (Å²) < 4.78 is 5.55. The summed E-state index contributed by atoms with van der Waals surface area (Å²) in [4.78, 5) is 41.1. The molecule has 0 aromatic heterocycles. The Morgan fingerprint density at radius 1 is 1.04 bits per heavy atom. The van der Waals surface area contributed by atoms with E-state index in [-0.39, 0.29) is 30.7 Å². The number of rotatable bonds is 9. The van der Waals surface area contributed by atoms with Crippen LogP contribution in [-0.4, -0.2) is 84.8 Å². The molecule has 1 heterocycles. The summed E-state index contributed by atoms with van der Waals surface area (Å²) in [5.41, 5.74) is 5.97. The van der Waals surface area contributed by atoms with Crippen molar-refractivity contribution in [2.45, 2.75) is 20.3 Å². The Kier molecular flexibility index (Phi) is 8.25. The van der Waals surface area contributed by atoms with Gasteiger partial charge in [-0.25, -0.2) is 0 Å². The summed E-state index contributed by atoms with van der Waals surface area (Å²) in [6.45, 7) is 8.29. The molecule has 0 unspecified atom stereocenters. The molecule has 2 N–H and O–H groups in total. The number of amides is 3. The summed E-state index contributed by atoms with van der Waals surface area (Å²) in [6.07, 6.45) is 0.181. The Morgan fingerprint density at radius 3 is 2.18 bits per heavy atom. The van der Waals surface area contributed by atoms with Gasteiger partial charge in [-0.1, -0.05) is 12.1 Å². The van der Waals surface area contributed by atoms with Gasteiger partial charge in [0.2, 0.25) is 11.8 Å². The first kappa shape index (κ1) is 21.7. The van der Waals surface area contributed by atoms with E-state index in [2.05, 4.69) is 4.90 Å². The van der Waals surface area contributed by atoms with E-state index in [4.69, 9.17) is 10.5 Å². The molecular formula is C20H30N4O4. The number of piperazine rings is 1. The fourth-order valence-corrected chi connectivity index (χ4v) is 3.16. The van der Waals surface area contributed by atoms with Crippen LogP contribution in [0.25, 0.3) is 0 Å². The molecule has 3 amide bonds. The number of likely N-dealkylation sites (N-methyl/N-ethyl adjacent to an activating group) is 1. The average Bonchev–Trinajstić information content (AvgIpc) is 2.68. The molecular weight excluding hydrogens is 360 g/mol. The smallest absolute Gasteiger partial charge is 0.260 e. The molecule has 0 spiro atoms. The summed E-state index contributed by atoms with van der Waals surface area (Å²) in [5.74, 6) is 0.246. The number of nitrogens with two attached hydrogens (primary N) is 1. The van der Waals surface area contributed by atoms with E-state index < -0.39 is 0 Å². The van der Waals surface area contributed by atoms with Gasteiger partial charge in [0.25, 0.3) is 5.91 Å². The molecule has 0 atom stereocenters. The first-order valence-corrected chi connectivity index (χ1v) is 9.70. The maximum absolute atomic E-state index is 12.4. The molecule has 1 aliphatic rings. The van der Waals surface area contributed by atoms with Crippen LogP contribution in [0.4, 0.5) is 0 Å². The van der Waals surface area contributed by atoms with Crippen LogP contribution >= 0.6 is 0 Å². The van der Waals surface area contributed by atoms with Crippen LogP contribution in [0.2, 0.25) is 0 Å². The Morgan fingerprint density at radius 2 is 1.64 bits per heavy atom. The highest BCUT2D eigenvalue weighted by atomic mass is 16.5. The summed E-state index contributed by atoms with van der Waals surface area (Å²) >= 11 is 0. The normalized spacial score (nSPS) is 14.6. The minimum Gasteiger partial charge on any atom is -0.484 e. The van der Waals surface area contributed by atoms with Gasteiger partial charge >= 0.3 is 0 Å². The van der Waals surface area contributed by atoms with Crippen molar-refractivity contribution in [1.29, 1.82) is 0 Å². The lowest BCUT2D eigenvalue weighted by atomic mass is 10.1. The van der Waals surface area contributed by atoms with Crippen molar-refractivity contribution in [2.75, 3.05) is 52.4 Å². The van der Waals surface area contributed by atoms with Crippen LogP contribution in [0.1, 0.15) is 19.4 Å². The third-order valence-electron chi connectivity index (χ3n) is 4.86. The monoisotopic (exact) mass is 390 g/mol. The third kappa shape index (κ3) is 6.53. The van der Waals surface area contributed by atoms with Crippen molar-refractivity contribution in [1.82, 2.24) is 14.7 Å². The van der Waals surface area contributed by atoms with Crippen LogP contribution in [-0.2, 0) is 20.8 Å². The average molecular weight is 390 g/mol. The predicted octanol–water partition coefficient (Wildman–Crippen LogP) is 0.106. The van der Waals surface area contributed by atoms with Gasteiger partial charge in [0.15, 0.2) is 6.61 Å². The summed E-state index contributed by atoms with van der Waals surface area (Å²) in [7, 11) is 0. The van der Waals surface area contributed by atoms with E-state index in [1.165, 1.54) is 0 Å². The van der Waals surface area contributed by atoms with Gasteiger partial charge in [-0.15, -0.1) is 0 Å². The quantitative estimate of drug-likeness (QED) is 0.645. The second-order valence-electron chi connectivity index (χ2n) is 6.80. The van der Waals surface area contributed by atoms with Gasteiger partial charge in [-0.3, -0.25) is 19.3 Å². The van der Waals surface area contributed by atoms with Crippen LogP contribution < -0.4 is 10.5 Å². The zero-order valence-corrected chi connectivity index (χ0v) is 16.7. The van der Waals surface area contributed by atoms with E-state index in [9.17, 15) is 14.4 Å². The van der Waals surface area contributed by atoms with Gasteiger partial charge in [0.05, 0.1) is 13.0 Å². The maximum Gasteiger partial charge on any atom is 0.260 e. The van der Waals surface area contributed by atoms with Crippen LogP contribution in [0.5, 0.6) is 5.75 Å². The third-order valence-corrected chi connectivity index (χ3v) is 4.86. The number of carbonyl (C=O) groups is 3. The van der Waals surface area contributed by atoms with E-state index in [1.807, 2.05) is 18.7 Å². The zero-order valence-electron chi connectivity index (χ0n) is 16.7. The molecule has 0 radical (unpaired) electrons. The number of hydrogen-bond acceptors (Lipinski definition) is 5. The Bertz CT molecular complexity index is 665. The number of carbonyl (C=O) groups excluding carboxylic acids is 3. The molecule has 0 saturated carbocycles. The van der Waals surface area contributed by atoms with E-state index in [0.29, 0.717) is 51.6 Å². The van der Waals surface area contributed by atoms with Crippen LogP contribution in [0.15, 0.2) is 24.3 Å². The standard InChI is InChI=1S/C20H30N4O4/c1-3-23(4-2)19(26)14-22-9-11-24(12-10-22)20(27)15-28-17-7-5-16(6-8-17)13-18(21)25/h5-8H,3-4,9-15H2,1-2H3,(H2,21,25). The molecule has 154 valence electrons. The van der Waals surface area contributed by atoms with Crippen molar-refractivity contribution in [3.8, 4) is 5.75 Å². The first-order chi connectivity index (χ1) is 13.4. The zero-order chi connectivity index (χ0) is 20.5. The van der Waals surface area contributed by atoms with Gasteiger partial charge in [-0.05, 0) is 31.5 Å². The largest absolute Gasteiger partial charge is 0.484 e. The fourth-order valence-electron chi connectivity index (χ4n) is 3.16. The highest BCUT2D eigenvalue weighted by Crippen LogP contribution is 2.13. The second-order valence-corrected chi connectivity index (χ2v) is 6.80. The van der Waals surface area contributed by atoms with Gasteiger partial charge < -0.3 is 20.3 Å². The molecule has 28 heavy (non-hydrogen) atoms. The minimum absolute atomic E-state index is 0.0342. The Hall–Kier alpha value is -2.61. The van der Waals surface area contributed by atoms with Crippen molar-refractivity contribution < 1.29 is 19.1 Å². The van der Waals surface area contributed by atoms with Crippen molar-refractivity contribution in [2.24, 2.45) is 5.73 Å². The number of ether oxygens (including phenoxy) is 1. The lowest BCUT2D eigenvalue weighted by Gasteiger charge is -2.35. The number of nitrogens with zero attached hydrogens (tertiary/aromatic N) is 3. The van der Waals surface area contributed by atoms with Crippen LogP contribution in [0, 0.1) is 0 Å². The van der Waals surface area contributed by atoms with Gasteiger partial charge in [-0.2, -0.15) is 0 Å². The van der Waals surface area contributed by atoms with E-state index in [0.717, 1.165) is 5.56 Å². The molecule has 1 aromatic rings. The van der Waals surface area contributed by atoms with Crippen molar-refractivity contribution in [3.63, 3.8) is 0 Å². The van der Waals surface area contributed by atoms with E-state index in [1.54, 1.807) is 29.2 Å². The highest BCUT2D eigenvalue weighted by Gasteiger charge is 2.23. The van der Waals surface area contributed by atoms with Gasteiger partial charge in [0, 0.05) is 39.3 Å². The lowest BCUT2D eigenvalue weighted by Crippen LogP contribution is -2.52. The highest BCUT2D eigenvalue weighted by molar-refractivity contribution is 5.79. The summed E-state index contributed by atoms with van der Waals surface area (Å²) in [6, 6.07) is 6.97. The van der Waals surface area contributed by atoms with E-state index >= 15 is 0 Å². The molecule has 1 saturated heterocycles. The number of primary amides is 1. The van der Waals surface area contributed by atoms with Crippen LogP contribution in [0.3, 0.4) is 0 Å². The molecule has 8 nitrogen and oxygen atoms in total. The predicted molar refractivity (Wildman–Crippen MR) is 106 cm³/mol.